The first-order valence-corrected chi connectivity index (χ1v) is 9.24. The molecule has 0 aliphatic heterocycles. The molecule has 1 N–H and O–H groups in total. The molecule has 0 aromatic heterocycles. The Balaban J connectivity index is 3.60. The fourth-order valence-corrected chi connectivity index (χ4v) is 2.23. The third-order valence-electron chi connectivity index (χ3n) is 3.57. The van der Waals surface area contributed by atoms with E-state index in [2.05, 4.69) is 13.0 Å². The molecule has 0 spiro atoms. The molecule has 0 heterocycles. The Morgan fingerprint density at radius 2 is 1.38 bits per heavy atom. The van der Waals surface area contributed by atoms with E-state index >= 15 is 0 Å². The smallest absolute Gasteiger partial charge is 0.328 e. The minimum Gasteiger partial charge on any atom is -0.478 e. The third kappa shape index (κ3) is 20.2. The van der Waals surface area contributed by atoms with Crippen LogP contribution < -0.4 is 0 Å². The standard InChI is InChI=1S/C22H34O2/c1-2-3-4-5-6-7-8-9-10-11-12-13-14-15-16-17-18-19-20-21-22(23)24/h12-21H,2-11H2,1H3,(H,23,24)/i18D. The van der Waals surface area contributed by atoms with Crippen LogP contribution >= 0.6 is 0 Å². The van der Waals surface area contributed by atoms with Gasteiger partial charge >= 0.3 is 5.97 Å². The molecule has 0 rings (SSSR count). The van der Waals surface area contributed by atoms with Crippen LogP contribution in [0.4, 0.5) is 0 Å². The first-order valence-electron chi connectivity index (χ1n) is 9.74. The summed E-state index contributed by atoms with van der Waals surface area (Å²) in [4.78, 5) is 10.3. The van der Waals surface area contributed by atoms with Gasteiger partial charge in [0.15, 0.2) is 0 Å². The Bertz CT molecular complexity index is 470. The van der Waals surface area contributed by atoms with Crippen LogP contribution in [0.1, 0.15) is 72.5 Å². The summed E-state index contributed by atoms with van der Waals surface area (Å²) in [5.41, 5.74) is 0. The molecule has 0 unspecified atom stereocenters. The summed E-state index contributed by atoms with van der Waals surface area (Å²) in [5.74, 6) is -1.01. The number of carboxylic acids is 1. The molecule has 24 heavy (non-hydrogen) atoms. The molecule has 0 saturated heterocycles. The van der Waals surface area contributed by atoms with Gasteiger partial charge in [0.05, 0.1) is 1.37 Å². The molecular weight excluding hydrogens is 296 g/mol. The number of allylic oxidation sites excluding steroid dienone is 9. The predicted octanol–water partition coefficient (Wildman–Crippen LogP) is 6.77. The number of hydrogen-bond donors (Lipinski definition) is 1. The molecular formula is C22H34O2. The minimum absolute atomic E-state index is 0.265. The molecule has 0 fully saturated rings. The van der Waals surface area contributed by atoms with Crippen molar-refractivity contribution in [3.05, 3.63) is 60.7 Å². The highest BCUT2D eigenvalue weighted by atomic mass is 16.4. The van der Waals surface area contributed by atoms with Gasteiger partial charge < -0.3 is 5.11 Å². The summed E-state index contributed by atoms with van der Waals surface area (Å²) < 4.78 is 7.57. The van der Waals surface area contributed by atoms with E-state index in [1.54, 1.807) is 12.2 Å². The molecule has 0 atom stereocenters. The van der Waals surface area contributed by atoms with E-state index in [1.165, 1.54) is 69.9 Å². The third-order valence-corrected chi connectivity index (χ3v) is 3.57. The van der Waals surface area contributed by atoms with Gasteiger partial charge in [-0.05, 0) is 12.8 Å². The van der Waals surface area contributed by atoms with Gasteiger partial charge in [-0.3, -0.25) is 0 Å². The van der Waals surface area contributed by atoms with Crippen LogP contribution in [0, 0.1) is 0 Å². The average Bonchev–Trinajstić information content (AvgIpc) is 2.58. The number of aliphatic carboxylic acids is 1. The first kappa shape index (κ1) is 20.2. The molecule has 0 aromatic rings. The van der Waals surface area contributed by atoms with Crippen LogP contribution in [0.2, 0.25) is 0 Å². The SMILES string of the molecule is [2H]C(C=CC=CC=CCCCCCCCCCCC)=CC=CC(=O)O. The number of carboxylic acid groups (broad SMARTS) is 1. The van der Waals surface area contributed by atoms with Crippen molar-refractivity contribution in [2.45, 2.75) is 71.1 Å². The van der Waals surface area contributed by atoms with Crippen molar-refractivity contribution in [2.24, 2.45) is 0 Å². The monoisotopic (exact) mass is 331 g/mol. The number of rotatable bonds is 15. The van der Waals surface area contributed by atoms with Crippen molar-refractivity contribution in [3.63, 3.8) is 0 Å². The van der Waals surface area contributed by atoms with E-state index in [-0.39, 0.29) is 6.05 Å². The lowest BCUT2D eigenvalue weighted by Crippen LogP contribution is -1.84. The largest absolute Gasteiger partial charge is 0.478 e. The Labute approximate surface area is 149 Å². The van der Waals surface area contributed by atoms with Crippen molar-refractivity contribution in [1.82, 2.24) is 0 Å². The second kappa shape index (κ2) is 19.2. The lowest BCUT2D eigenvalue weighted by Gasteiger charge is -2.00. The highest BCUT2D eigenvalue weighted by Gasteiger charge is 1.90. The van der Waals surface area contributed by atoms with Crippen molar-refractivity contribution < 1.29 is 11.3 Å². The molecule has 0 aliphatic rings. The van der Waals surface area contributed by atoms with Gasteiger partial charge in [0, 0.05) is 6.08 Å². The summed E-state index contributed by atoms with van der Waals surface area (Å²) in [6.45, 7) is 2.26. The normalized spacial score (nSPS) is 13.7. The Hall–Kier alpha value is -1.83. The first-order chi connectivity index (χ1) is 12.2. The molecule has 2 heteroatoms. The van der Waals surface area contributed by atoms with E-state index in [9.17, 15) is 4.79 Å². The van der Waals surface area contributed by atoms with Crippen molar-refractivity contribution in [3.8, 4) is 0 Å². The summed E-state index contributed by atoms with van der Waals surface area (Å²) in [6.07, 6.45) is 28.6. The highest BCUT2D eigenvalue weighted by molar-refractivity contribution is 5.80. The number of carbonyl (C=O) groups is 1. The average molecular weight is 332 g/mol. The van der Waals surface area contributed by atoms with Gasteiger partial charge in [0.2, 0.25) is 0 Å². The molecule has 0 amide bonds. The Morgan fingerprint density at radius 3 is 2.04 bits per heavy atom. The lowest BCUT2D eigenvalue weighted by atomic mass is 10.1. The Morgan fingerprint density at radius 1 is 0.792 bits per heavy atom. The van der Waals surface area contributed by atoms with Crippen LogP contribution in [-0.4, -0.2) is 11.1 Å². The van der Waals surface area contributed by atoms with Gasteiger partial charge in [0.25, 0.3) is 0 Å². The maximum atomic E-state index is 10.3. The Kier molecular flexibility index (Phi) is 16.2. The second-order valence-corrected chi connectivity index (χ2v) is 5.82. The second-order valence-electron chi connectivity index (χ2n) is 5.82. The molecule has 0 bridgehead atoms. The van der Waals surface area contributed by atoms with Gasteiger partial charge in [0.1, 0.15) is 0 Å². The van der Waals surface area contributed by atoms with Crippen molar-refractivity contribution in [1.29, 1.82) is 0 Å². The zero-order valence-electron chi connectivity index (χ0n) is 16.1. The van der Waals surface area contributed by atoms with Gasteiger partial charge in [-0.15, -0.1) is 0 Å². The fraction of sp³-hybridized carbons (Fsp3) is 0.500. The van der Waals surface area contributed by atoms with Gasteiger partial charge in [-0.25, -0.2) is 4.79 Å². The van der Waals surface area contributed by atoms with E-state index in [0.29, 0.717) is 0 Å². The van der Waals surface area contributed by atoms with Crippen molar-refractivity contribution in [2.75, 3.05) is 0 Å². The summed E-state index contributed by atoms with van der Waals surface area (Å²) in [6, 6.07) is 0.265. The van der Waals surface area contributed by atoms with E-state index in [4.69, 9.17) is 6.48 Å². The zero-order chi connectivity index (χ0) is 18.6. The van der Waals surface area contributed by atoms with Gasteiger partial charge in [-0.2, -0.15) is 0 Å². The van der Waals surface area contributed by atoms with E-state index < -0.39 is 5.97 Å². The van der Waals surface area contributed by atoms with E-state index in [1.807, 2.05) is 18.2 Å². The number of unbranched alkanes of at least 4 members (excludes halogenated alkanes) is 9. The molecule has 2 nitrogen and oxygen atoms in total. The summed E-state index contributed by atoms with van der Waals surface area (Å²) in [5, 5.41) is 8.43. The van der Waals surface area contributed by atoms with Crippen molar-refractivity contribution >= 4 is 5.97 Å². The lowest BCUT2D eigenvalue weighted by molar-refractivity contribution is -0.131. The summed E-state index contributed by atoms with van der Waals surface area (Å²) >= 11 is 0. The quantitative estimate of drug-likeness (QED) is 0.204. The predicted molar refractivity (Wildman–Crippen MR) is 105 cm³/mol. The van der Waals surface area contributed by atoms with Crippen LogP contribution in [0.3, 0.4) is 0 Å². The van der Waals surface area contributed by atoms with Crippen LogP contribution in [0.15, 0.2) is 60.7 Å². The molecule has 0 aromatic carbocycles. The maximum Gasteiger partial charge on any atom is 0.328 e. The highest BCUT2D eigenvalue weighted by Crippen LogP contribution is 2.10. The van der Waals surface area contributed by atoms with Crippen LogP contribution in [-0.2, 0) is 4.79 Å². The van der Waals surface area contributed by atoms with Crippen LogP contribution in [0.25, 0.3) is 0 Å². The number of hydrogen-bond acceptors (Lipinski definition) is 1. The topological polar surface area (TPSA) is 37.3 Å². The van der Waals surface area contributed by atoms with Crippen LogP contribution in [0.5, 0.6) is 0 Å². The molecule has 0 saturated carbocycles. The van der Waals surface area contributed by atoms with E-state index in [0.717, 1.165) is 12.5 Å². The molecule has 0 aliphatic carbocycles. The zero-order valence-corrected chi connectivity index (χ0v) is 15.1. The van der Waals surface area contributed by atoms with Gasteiger partial charge in [-0.1, -0.05) is 113 Å². The molecule has 134 valence electrons. The fourth-order valence-electron chi connectivity index (χ4n) is 2.23. The summed E-state index contributed by atoms with van der Waals surface area (Å²) in [7, 11) is 0. The maximum absolute atomic E-state index is 10.3. The molecule has 0 radical (unpaired) electrons. The minimum atomic E-state index is -1.01.